The minimum atomic E-state index is 0.510. The Labute approximate surface area is 168 Å². The van der Waals surface area contributed by atoms with Gasteiger partial charge in [-0.2, -0.15) is 10.1 Å². The molecular weight excluding hydrogens is 374 g/mol. The summed E-state index contributed by atoms with van der Waals surface area (Å²) in [4.78, 5) is 20.3. The average Bonchev–Trinajstić information content (AvgIpc) is 3.08. The summed E-state index contributed by atoms with van der Waals surface area (Å²) in [5, 5.41) is 6.11. The van der Waals surface area contributed by atoms with Crippen LogP contribution in [0.25, 0.3) is 11.0 Å². The van der Waals surface area contributed by atoms with Crippen molar-refractivity contribution in [2.24, 2.45) is 13.0 Å². The Morgan fingerprint density at radius 1 is 1.14 bits per heavy atom. The molecule has 28 heavy (non-hydrogen) atoms. The standard InChI is InChI=1S/C19H25N7OS/c1-12-9-20-19(28-4)24-18(12)27-11-14-5-7-26(8-6-14)17-15-10-21-25(3)16(15)22-13(2)23-17/h9-10,14H,5-8,11H2,1-4H3. The maximum atomic E-state index is 6.03. The van der Waals surface area contributed by atoms with Gasteiger partial charge in [-0.05, 0) is 38.9 Å². The lowest BCUT2D eigenvalue weighted by atomic mass is 9.97. The van der Waals surface area contributed by atoms with Crippen LogP contribution in [0.5, 0.6) is 5.88 Å². The van der Waals surface area contributed by atoms with Crippen molar-refractivity contribution < 1.29 is 4.74 Å². The van der Waals surface area contributed by atoms with Gasteiger partial charge in [0, 0.05) is 31.9 Å². The molecule has 1 fully saturated rings. The first kappa shape index (κ1) is 18.9. The van der Waals surface area contributed by atoms with Gasteiger partial charge in [0.2, 0.25) is 5.88 Å². The zero-order valence-electron chi connectivity index (χ0n) is 16.7. The monoisotopic (exact) mass is 399 g/mol. The van der Waals surface area contributed by atoms with E-state index < -0.39 is 0 Å². The fourth-order valence-electron chi connectivity index (χ4n) is 3.52. The van der Waals surface area contributed by atoms with Crippen LogP contribution in [0.1, 0.15) is 24.2 Å². The second-order valence-electron chi connectivity index (χ2n) is 7.19. The fraction of sp³-hybridized carbons (Fsp3) is 0.526. The van der Waals surface area contributed by atoms with Crippen LogP contribution in [0.3, 0.4) is 0 Å². The third-order valence-corrected chi connectivity index (χ3v) is 5.70. The largest absolute Gasteiger partial charge is 0.477 e. The number of fused-ring (bicyclic) bond motifs is 1. The number of piperidine rings is 1. The van der Waals surface area contributed by atoms with Gasteiger partial charge in [0.1, 0.15) is 11.6 Å². The van der Waals surface area contributed by atoms with E-state index in [0.717, 1.165) is 59.3 Å². The summed E-state index contributed by atoms with van der Waals surface area (Å²) in [5.74, 6) is 2.98. The molecule has 0 aliphatic carbocycles. The lowest BCUT2D eigenvalue weighted by Crippen LogP contribution is -2.36. The van der Waals surface area contributed by atoms with Crippen LogP contribution in [0.4, 0.5) is 5.82 Å². The minimum Gasteiger partial charge on any atom is -0.477 e. The highest BCUT2D eigenvalue weighted by molar-refractivity contribution is 7.98. The molecule has 0 unspecified atom stereocenters. The predicted octanol–water partition coefficient (Wildman–Crippen LogP) is 2.79. The Morgan fingerprint density at radius 3 is 2.68 bits per heavy atom. The summed E-state index contributed by atoms with van der Waals surface area (Å²) in [6.45, 7) is 6.51. The van der Waals surface area contributed by atoms with Crippen molar-refractivity contribution in [2.45, 2.75) is 31.8 Å². The fourth-order valence-corrected chi connectivity index (χ4v) is 3.85. The quantitative estimate of drug-likeness (QED) is 0.478. The van der Waals surface area contributed by atoms with Gasteiger partial charge in [-0.3, -0.25) is 4.68 Å². The second-order valence-corrected chi connectivity index (χ2v) is 7.96. The van der Waals surface area contributed by atoms with Gasteiger partial charge < -0.3 is 9.64 Å². The van der Waals surface area contributed by atoms with Crippen molar-refractivity contribution >= 4 is 28.6 Å². The molecular formula is C19H25N7OS. The minimum absolute atomic E-state index is 0.510. The molecule has 8 nitrogen and oxygen atoms in total. The van der Waals surface area contributed by atoms with Gasteiger partial charge in [0.25, 0.3) is 0 Å². The third kappa shape index (κ3) is 3.76. The molecule has 4 rings (SSSR count). The molecule has 148 valence electrons. The Hall–Kier alpha value is -2.42. The molecule has 3 aromatic heterocycles. The van der Waals surface area contributed by atoms with Crippen molar-refractivity contribution in [2.75, 3.05) is 30.9 Å². The molecule has 4 heterocycles. The highest BCUT2D eigenvalue weighted by atomic mass is 32.2. The Balaban J connectivity index is 1.40. The SMILES string of the molecule is CSc1ncc(C)c(OCC2CCN(c3nc(C)nc4c3cnn4C)CC2)n1. The molecule has 0 N–H and O–H groups in total. The van der Waals surface area contributed by atoms with E-state index in [9.17, 15) is 0 Å². The van der Waals surface area contributed by atoms with Crippen LogP contribution in [0.15, 0.2) is 17.6 Å². The number of aromatic nitrogens is 6. The Morgan fingerprint density at radius 2 is 1.93 bits per heavy atom. The molecule has 0 saturated carbocycles. The van der Waals surface area contributed by atoms with E-state index in [4.69, 9.17) is 9.72 Å². The van der Waals surface area contributed by atoms with E-state index in [1.807, 2.05) is 39.5 Å². The van der Waals surface area contributed by atoms with Crippen LogP contribution in [-0.4, -0.2) is 55.7 Å². The highest BCUT2D eigenvalue weighted by Crippen LogP contribution is 2.28. The first-order valence-electron chi connectivity index (χ1n) is 9.47. The van der Waals surface area contributed by atoms with E-state index in [1.54, 1.807) is 4.68 Å². The smallest absolute Gasteiger partial charge is 0.220 e. The summed E-state index contributed by atoms with van der Waals surface area (Å²) in [7, 11) is 1.92. The van der Waals surface area contributed by atoms with E-state index in [-0.39, 0.29) is 0 Å². The van der Waals surface area contributed by atoms with E-state index in [1.165, 1.54) is 11.8 Å². The number of hydrogen-bond acceptors (Lipinski definition) is 8. The molecule has 0 atom stereocenters. The number of aryl methyl sites for hydroxylation is 3. The number of hydrogen-bond donors (Lipinski definition) is 0. The maximum absolute atomic E-state index is 6.03. The van der Waals surface area contributed by atoms with Gasteiger partial charge in [0.15, 0.2) is 10.8 Å². The average molecular weight is 400 g/mol. The molecule has 1 aliphatic rings. The van der Waals surface area contributed by atoms with Crippen LogP contribution in [0, 0.1) is 19.8 Å². The van der Waals surface area contributed by atoms with Crippen LogP contribution < -0.4 is 9.64 Å². The van der Waals surface area contributed by atoms with Gasteiger partial charge in [-0.25, -0.2) is 15.0 Å². The van der Waals surface area contributed by atoms with E-state index in [2.05, 4.69) is 25.0 Å². The zero-order valence-corrected chi connectivity index (χ0v) is 17.5. The Kier molecular flexibility index (Phi) is 5.34. The molecule has 0 radical (unpaired) electrons. The lowest BCUT2D eigenvalue weighted by molar-refractivity contribution is 0.213. The molecule has 0 aromatic carbocycles. The number of nitrogens with zero attached hydrogens (tertiary/aromatic N) is 7. The van der Waals surface area contributed by atoms with Crippen LogP contribution in [-0.2, 0) is 7.05 Å². The molecule has 1 saturated heterocycles. The summed E-state index contributed by atoms with van der Waals surface area (Å²) in [5.41, 5.74) is 1.86. The number of thioether (sulfide) groups is 1. The normalized spacial score (nSPS) is 15.4. The summed E-state index contributed by atoms with van der Waals surface area (Å²) >= 11 is 1.53. The number of ether oxygens (including phenoxy) is 1. The lowest BCUT2D eigenvalue weighted by Gasteiger charge is -2.33. The van der Waals surface area contributed by atoms with E-state index in [0.29, 0.717) is 18.4 Å². The zero-order chi connectivity index (χ0) is 19.7. The van der Waals surface area contributed by atoms with Crippen molar-refractivity contribution in [3.05, 3.63) is 23.8 Å². The van der Waals surface area contributed by atoms with Crippen LogP contribution in [0.2, 0.25) is 0 Å². The van der Waals surface area contributed by atoms with Crippen molar-refractivity contribution in [1.82, 2.24) is 29.7 Å². The molecule has 0 amide bonds. The van der Waals surface area contributed by atoms with Gasteiger partial charge in [0.05, 0.1) is 18.2 Å². The van der Waals surface area contributed by atoms with Crippen molar-refractivity contribution in [1.29, 1.82) is 0 Å². The third-order valence-electron chi connectivity index (χ3n) is 5.14. The van der Waals surface area contributed by atoms with E-state index >= 15 is 0 Å². The Bertz CT molecular complexity index is 982. The summed E-state index contributed by atoms with van der Waals surface area (Å²) < 4.78 is 7.84. The number of rotatable bonds is 5. The van der Waals surface area contributed by atoms with Crippen LogP contribution >= 0.6 is 11.8 Å². The van der Waals surface area contributed by atoms with Gasteiger partial charge in [-0.1, -0.05) is 11.8 Å². The van der Waals surface area contributed by atoms with Crippen molar-refractivity contribution in [3.8, 4) is 5.88 Å². The molecule has 0 spiro atoms. The number of anilines is 1. The molecule has 0 bridgehead atoms. The second kappa shape index (κ2) is 7.90. The predicted molar refractivity (Wildman–Crippen MR) is 110 cm³/mol. The first-order chi connectivity index (χ1) is 13.5. The maximum Gasteiger partial charge on any atom is 0.220 e. The molecule has 3 aromatic rings. The van der Waals surface area contributed by atoms with Crippen molar-refractivity contribution in [3.63, 3.8) is 0 Å². The van der Waals surface area contributed by atoms with Gasteiger partial charge in [-0.15, -0.1) is 0 Å². The first-order valence-corrected chi connectivity index (χ1v) is 10.7. The summed E-state index contributed by atoms with van der Waals surface area (Å²) in [6.07, 6.45) is 7.78. The molecule has 9 heteroatoms. The van der Waals surface area contributed by atoms with Gasteiger partial charge >= 0.3 is 0 Å². The molecule has 1 aliphatic heterocycles. The highest BCUT2D eigenvalue weighted by Gasteiger charge is 2.24. The topological polar surface area (TPSA) is 81.9 Å². The summed E-state index contributed by atoms with van der Waals surface area (Å²) in [6, 6.07) is 0.